The summed E-state index contributed by atoms with van der Waals surface area (Å²) >= 11 is 0. The van der Waals surface area contributed by atoms with Crippen LogP contribution in [0.2, 0.25) is 0 Å². The van der Waals surface area contributed by atoms with Gasteiger partial charge in [-0.1, -0.05) is 24.3 Å². The third-order valence-electron chi connectivity index (χ3n) is 2.84. The molecule has 0 bridgehead atoms. The van der Waals surface area contributed by atoms with Crippen LogP contribution in [-0.2, 0) is 4.74 Å². The summed E-state index contributed by atoms with van der Waals surface area (Å²) in [5, 5.41) is 17.9. The first-order valence-corrected chi connectivity index (χ1v) is 5.28. The van der Waals surface area contributed by atoms with Gasteiger partial charge in [-0.25, -0.2) is 0 Å². The second-order valence-electron chi connectivity index (χ2n) is 4.05. The van der Waals surface area contributed by atoms with Gasteiger partial charge in [-0.2, -0.15) is 0 Å². The summed E-state index contributed by atoms with van der Waals surface area (Å²) in [5.74, 6) is 0. The van der Waals surface area contributed by atoms with Gasteiger partial charge in [0.25, 0.3) is 0 Å². The van der Waals surface area contributed by atoms with E-state index < -0.39 is 7.12 Å². The van der Waals surface area contributed by atoms with E-state index in [0.717, 1.165) is 18.4 Å². The smallest absolute Gasteiger partial charge is 0.423 e. The minimum Gasteiger partial charge on any atom is -0.423 e. The molecule has 2 unspecified atom stereocenters. The summed E-state index contributed by atoms with van der Waals surface area (Å²) in [5.41, 5.74) is 1.63. The van der Waals surface area contributed by atoms with Gasteiger partial charge in [0.05, 0.1) is 12.2 Å². The maximum absolute atomic E-state index is 8.95. The Kier molecular flexibility index (Phi) is 3.10. The summed E-state index contributed by atoms with van der Waals surface area (Å²) in [4.78, 5) is 0. The molecule has 2 N–H and O–H groups in total. The van der Waals surface area contributed by atoms with Crippen LogP contribution < -0.4 is 5.46 Å². The molecule has 2 atom stereocenters. The second kappa shape index (κ2) is 4.35. The minimum atomic E-state index is -1.39. The van der Waals surface area contributed by atoms with E-state index >= 15 is 0 Å². The largest absolute Gasteiger partial charge is 0.488 e. The Hall–Kier alpha value is -0.835. The van der Waals surface area contributed by atoms with Gasteiger partial charge in [0, 0.05) is 0 Å². The first kappa shape index (κ1) is 10.7. The molecular formula is C11H15BO3. The van der Waals surface area contributed by atoms with Crippen LogP contribution in [-0.4, -0.2) is 23.3 Å². The first-order chi connectivity index (χ1) is 7.16. The highest BCUT2D eigenvalue weighted by molar-refractivity contribution is 6.58. The maximum atomic E-state index is 8.95. The molecule has 2 rings (SSSR count). The maximum Gasteiger partial charge on any atom is 0.488 e. The fourth-order valence-corrected chi connectivity index (χ4v) is 1.93. The molecule has 0 saturated carbocycles. The zero-order chi connectivity index (χ0) is 10.8. The topological polar surface area (TPSA) is 49.7 Å². The van der Waals surface area contributed by atoms with Crippen molar-refractivity contribution in [2.45, 2.75) is 32.0 Å². The van der Waals surface area contributed by atoms with Gasteiger partial charge in [0.2, 0.25) is 0 Å². The molecular weight excluding hydrogens is 191 g/mol. The molecule has 1 saturated heterocycles. The molecule has 1 fully saturated rings. The number of benzene rings is 1. The average Bonchev–Trinajstić information content (AvgIpc) is 2.65. The molecule has 0 spiro atoms. The van der Waals surface area contributed by atoms with Crippen molar-refractivity contribution in [3.63, 3.8) is 0 Å². The Morgan fingerprint density at radius 2 is 1.87 bits per heavy atom. The molecule has 15 heavy (non-hydrogen) atoms. The van der Waals surface area contributed by atoms with Crippen LogP contribution in [0, 0.1) is 0 Å². The third-order valence-corrected chi connectivity index (χ3v) is 2.84. The third kappa shape index (κ3) is 2.40. The monoisotopic (exact) mass is 206 g/mol. The Labute approximate surface area is 89.8 Å². The van der Waals surface area contributed by atoms with E-state index in [1.807, 2.05) is 12.1 Å². The highest BCUT2D eigenvalue weighted by Gasteiger charge is 2.23. The quantitative estimate of drug-likeness (QED) is 0.697. The van der Waals surface area contributed by atoms with Gasteiger partial charge in [-0.15, -0.1) is 0 Å². The van der Waals surface area contributed by atoms with Crippen LogP contribution in [0.5, 0.6) is 0 Å². The molecule has 1 aromatic carbocycles. The van der Waals surface area contributed by atoms with Crippen molar-refractivity contribution < 1.29 is 14.8 Å². The SMILES string of the molecule is CC1CCC(c2ccc(B(O)O)cc2)O1. The number of hydrogen-bond acceptors (Lipinski definition) is 3. The molecule has 3 nitrogen and oxygen atoms in total. The minimum absolute atomic E-state index is 0.171. The standard InChI is InChI=1S/C11H15BO3/c1-8-2-7-11(15-8)9-3-5-10(6-4-9)12(13)14/h3-6,8,11,13-14H,2,7H2,1H3. The molecule has 1 aromatic rings. The van der Waals surface area contributed by atoms with Gasteiger partial charge >= 0.3 is 7.12 Å². The van der Waals surface area contributed by atoms with E-state index in [9.17, 15) is 0 Å². The summed E-state index contributed by atoms with van der Waals surface area (Å²) in [7, 11) is -1.39. The lowest BCUT2D eigenvalue weighted by atomic mass is 9.80. The van der Waals surface area contributed by atoms with Gasteiger partial charge in [-0.3, -0.25) is 0 Å². The number of rotatable bonds is 2. The van der Waals surface area contributed by atoms with Crippen LogP contribution in [0.1, 0.15) is 31.4 Å². The lowest BCUT2D eigenvalue weighted by molar-refractivity contribution is 0.0556. The molecule has 1 aliphatic rings. The van der Waals surface area contributed by atoms with E-state index in [2.05, 4.69) is 6.92 Å². The van der Waals surface area contributed by atoms with Crippen molar-refractivity contribution in [3.05, 3.63) is 29.8 Å². The van der Waals surface area contributed by atoms with Crippen molar-refractivity contribution in [2.24, 2.45) is 0 Å². The number of ether oxygens (including phenoxy) is 1. The van der Waals surface area contributed by atoms with Crippen LogP contribution in [0.25, 0.3) is 0 Å². The first-order valence-electron chi connectivity index (χ1n) is 5.28. The van der Waals surface area contributed by atoms with Gasteiger partial charge in [0.1, 0.15) is 0 Å². The molecule has 4 heteroatoms. The normalized spacial score (nSPS) is 25.5. The predicted molar refractivity (Wildman–Crippen MR) is 58.8 cm³/mol. The Morgan fingerprint density at radius 1 is 1.20 bits per heavy atom. The fourth-order valence-electron chi connectivity index (χ4n) is 1.93. The Morgan fingerprint density at radius 3 is 2.33 bits per heavy atom. The van der Waals surface area contributed by atoms with Gasteiger partial charge < -0.3 is 14.8 Å². The average molecular weight is 206 g/mol. The van der Waals surface area contributed by atoms with Crippen molar-refractivity contribution in [1.82, 2.24) is 0 Å². The highest BCUT2D eigenvalue weighted by atomic mass is 16.5. The molecule has 1 aliphatic heterocycles. The fraction of sp³-hybridized carbons (Fsp3) is 0.455. The van der Waals surface area contributed by atoms with Crippen LogP contribution in [0.4, 0.5) is 0 Å². The van der Waals surface area contributed by atoms with Crippen LogP contribution in [0.15, 0.2) is 24.3 Å². The Bertz CT molecular complexity index is 323. The zero-order valence-electron chi connectivity index (χ0n) is 8.76. The van der Waals surface area contributed by atoms with E-state index in [0.29, 0.717) is 11.6 Å². The highest BCUT2D eigenvalue weighted by Crippen LogP contribution is 2.31. The summed E-state index contributed by atoms with van der Waals surface area (Å²) in [6, 6.07) is 7.26. The summed E-state index contributed by atoms with van der Waals surface area (Å²) in [6.07, 6.45) is 2.64. The van der Waals surface area contributed by atoms with Crippen molar-refractivity contribution >= 4 is 12.6 Å². The van der Waals surface area contributed by atoms with E-state index in [-0.39, 0.29) is 6.10 Å². The van der Waals surface area contributed by atoms with Crippen LogP contribution in [0.3, 0.4) is 0 Å². The zero-order valence-corrected chi connectivity index (χ0v) is 8.76. The van der Waals surface area contributed by atoms with Crippen molar-refractivity contribution in [1.29, 1.82) is 0 Å². The van der Waals surface area contributed by atoms with Crippen molar-refractivity contribution in [2.75, 3.05) is 0 Å². The second-order valence-corrected chi connectivity index (χ2v) is 4.05. The molecule has 0 radical (unpaired) electrons. The Balaban J connectivity index is 2.10. The van der Waals surface area contributed by atoms with E-state index in [1.165, 1.54) is 0 Å². The van der Waals surface area contributed by atoms with Crippen LogP contribution >= 0.6 is 0 Å². The summed E-state index contributed by atoms with van der Waals surface area (Å²) < 4.78 is 5.72. The predicted octanol–water partition coefficient (Wildman–Crippen LogP) is 0.606. The van der Waals surface area contributed by atoms with E-state index in [1.54, 1.807) is 12.1 Å². The molecule has 0 aliphatic carbocycles. The lowest BCUT2D eigenvalue weighted by Crippen LogP contribution is -2.29. The molecule has 0 amide bonds. The molecule has 80 valence electrons. The van der Waals surface area contributed by atoms with Gasteiger partial charge in [-0.05, 0) is 30.8 Å². The summed E-state index contributed by atoms with van der Waals surface area (Å²) in [6.45, 7) is 2.08. The van der Waals surface area contributed by atoms with Crippen molar-refractivity contribution in [3.8, 4) is 0 Å². The molecule has 0 aromatic heterocycles. The number of hydrogen-bond donors (Lipinski definition) is 2. The van der Waals surface area contributed by atoms with Gasteiger partial charge in [0.15, 0.2) is 0 Å². The molecule has 1 heterocycles. The lowest BCUT2D eigenvalue weighted by Gasteiger charge is -2.11. The van der Waals surface area contributed by atoms with E-state index in [4.69, 9.17) is 14.8 Å².